The van der Waals surface area contributed by atoms with Gasteiger partial charge in [-0.15, -0.1) is 11.3 Å². The summed E-state index contributed by atoms with van der Waals surface area (Å²) in [7, 11) is 3.75. The Morgan fingerprint density at radius 1 is 1.35 bits per heavy atom. The van der Waals surface area contributed by atoms with Crippen molar-refractivity contribution in [1.82, 2.24) is 9.88 Å². The second-order valence-corrected chi connectivity index (χ2v) is 5.96. The van der Waals surface area contributed by atoms with E-state index >= 15 is 0 Å². The van der Waals surface area contributed by atoms with Crippen LogP contribution >= 0.6 is 22.9 Å². The zero-order valence-electron chi connectivity index (χ0n) is 11.6. The van der Waals surface area contributed by atoms with Crippen molar-refractivity contribution in [3.05, 3.63) is 52.1 Å². The maximum atomic E-state index is 12.1. The van der Waals surface area contributed by atoms with Crippen LogP contribution in [-0.2, 0) is 0 Å². The number of ketones is 1. The zero-order valence-corrected chi connectivity index (χ0v) is 13.1. The summed E-state index contributed by atoms with van der Waals surface area (Å²) >= 11 is 7.54. The Hall–Kier alpha value is -1.65. The Labute approximate surface area is 127 Å². The van der Waals surface area contributed by atoms with Crippen LogP contribution in [0, 0.1) is 6.92 Å². The molecule has 0 unspecified atom stereocenters. The molecule has 2 aromatic rings. The van der Waals surface area contributed by atoms with Crippen molar-refractivity contribution in [3.8, 4) is 10.6 Å². The molecule has 1 aromatic carbocycles. The summed E-state index contributed by atoms with van der Waals surface area (Å²) in [6, 6.07) is 7.51. The minimum absolute atomic E-state index is 0.0352. The molecule has 0 N–H and O–H groups in total. The largest absolute Gasteiger partial charge is 0.383 e. The lowest BCUT2D eigenvalue weighted by Gasteiger charge is -2.01. The number of rotatable bonds is 4. The van der Waals surface area contributed by atoms with Gasteiger partial charge in [-0.05, 0) is 13.0 Å². The van der Waals surface area contributed by atoms with E-state index < -0.39 is 0 Å². The van der Waals surface area contributed by atoms with E-state index in [0.29, 0.717) is 9.90 Å². The molecule has 0 saturated heterocycles. The first kappa shape index (κ1) is 14.8. The molecule has 2 rings (SSSR count). The van der Waals surface area contributed by atoms with Crippen LogP contribution in [0.4, 0.5) is 0 Å². The highest BCUT2D eigenvalue weighted by Crippen LogP contribution is 2.32. The number of nitrogens with zero attached hydrogens (tertiary/aromatic N) is 2. The molecule has 0 aliphatic heterocycles. The second-order valence-electron chi connectivity index (χ2n) is 4.56. The maximum absolute atomic E-state index is 12.1. The van der Waals surface area contributed by atoms with E-state index in [1.807, 2.05) is 50.2 Å². The predicted molar refractivity (Wildman–Crippen MR) is 84.5 cm³/mol. The lowest BCUT2D eigenvalue weighted by molar-refractivity contribution is 0.104. The lowest BCUT2D eigenvalue weighted by Crippen LogP contribution is -2.02. The number of aromatic nitrogens is 1. The molecule has 0 aliphatic rings. The van der Waals surface area contributed by atoms with Gasteiger partial charge < -0.3 is 4.90 Å². The molecule has 1 aromatic heterocycles. The molecule has 0 spiro atoms. The van der Waals surface area contributed by atoms with Gasteiger partial charge in [-0.25, -0.2) is 4.98 Å². The van der Waals surface area contributed by atoms with Gasteiger partial charge in [0.1, 0.15) is 5.01 Å². The van der Waals surface area contributed by atoms with Gasteiger partial charge in [-0.1, -0.05) is 29.8 Å². The van der Waals surface area contributed by atoms with Gasteiger partial charge >= 0.3 is 0 Å². The third kappa shape index (κ3) is 3.26. The number of thiazole rings is 1. The number of aryl methyl sites for hydroxylation is 1. The molecule has 104 valence electrons. The molecule has 1 heterocycles. The predicted octanol–water partition coefficient (Wildman–Crippen LogP) is 4.03. The number of halogens is 1. The Kier molecular flexibility index (Phi) is 4.57. The standard InChI is InChI=1S/C15H15ClN2OS/c1-10-14(13(19)8-9-18(2)3)20-15(17-10)11-6-4-5-7-12(11)16/h4-9H,1-3H3/b9-8+. The molecule has 3 nitrogen and oxygen atoms in total. The minimum Gasteiger partial charge on any atom is -0.383 e. The first-order valence-electron chi connectivity index (χ1n) is 6.10. The van der Waals surface area contributed by atoms with Crippen molar-refractivity contribution < 1.29 is 4.79 Å². The van der Waals surface area contributed by atoms with E-state index in [0.717, 1.165) is 16.3 Å². The van der Waals surface area contributed by atoms with Gasteiger partial charge in [0.15, 0.2) is 5.78 Å². The zero-order chi connectivity index (χ0) is 14.7. The van der Waals surface area contributed by atoms with Crippen molar-refractivity contribution in [2.24, 2.45) is 0 Å². The molecular weight excluding hydrogens is 292 g/mol. The van der Waals surface area contributed by atoms with Crippen LogP contribution in [0.1, 0.15) is 15.4 Å². The van der Waals surface area contributed by atoms with Crippen LogP contribution < -0.4 is 0 Å². The summed E-state index contributed by atoms with van der Waals surface area (Å²) in [5.41, 5.74) is 1.59. The molecule has 0 saturated carbocycles. The van der Waals surface area contributed by atoms with E-state index in [4.69, 9.17) is 11.6 Å². The number of hydrogen-bond acceptors (Lipinski definition) is 4. The van der Waals surface area contributed by atoms with E-state index in [-0.39, 0.29) is 5.78 Å². The maximum Gasteiger partial charge on any atom is 0.199 e. The lowest BCUT2D eigenvalue weighted by atomic mass is 10.2. The summed E-state index contributed by atoms with van der Waals surface area (Å²) < 4.78 is 0. The van der Waals surface area contributed by atoms with Crippen molar-refractivity contribution in [1.29, 1.82) is 0 Å². The Bertz CT molecular complexity index is 662. The van der Waals surface area contributed by atoms with Gasteiger partial charge in [0.2, 0.25) is 0 Å². The Morgan fingerprint density at radius 2 is 2.05 bits per heavy atom. The molecule has 0 fully saturated rings. The third-order valence-electron chi connectivity index (χ3n) is 2.65. The van der Waals surface area contributed by atoms with Crippen molar-refractivity contribution in [2.75, 3.05) is 14.1 Å². The fourth-order valence-corrected chi connectivity index (χ4v) is 2.97. The first-order chi connectivity index (χ1) is 9.49. The average molecular weight is 307 g/mol. The van der Waals surface area contributed by atoms with Crippen LogP contribution in [0.15, 0.2) is 36.5 Å². The Balaban J connectivity index is 2.35. The third-order valence-corrected chi connectivity index (χ3v) is 4.18. The molecule has 5 heteroatoms. The number of hydrogen-bond donors (Lipinski definition) is 0. The smallest absolute Gasteiger partial charge is 0.199 e. The number of carbonyl (C=O) groups is 1. The number of allylic oxidation sites excluding steroid dienone is 1. The molecule has 0 aliphatic carbocycles. The van der Waals surface area contributed by atoms with Crippen molar-refractivity contribution in [3.63, 3.8) is 0 Å². The van der Waals surface area contributed by atoms with Crippen LogP contribution in [0.2, 0.25) is 5.02 Å². The molecule has 20 heavy (non-hydrogen) atoms. The highest BCUT2D eigenvalue weighted by Gasteiger charge is 2.15. The van der Waals surface area contributed by atoms with Crippen LogP contribution in [0.25, 0.3) is 10.6 Å². The molecule has 0 atom stereocenters. The highest BCUT2D eigenvalue weighted by molar-refractivity contribution is 7.17. The van der Waals surface area contributed by atoms with Crippen molar-refractivity contribution in [2.45, 2.75) is 6.92 Å². The van der Waals surface area contributed by atoms with Gasteiger partial charge in [0, 0.05) is 31.9 Å². The van der Waals surface area contributed by atoms with Crippen LogP contribution in [0.5, 0.6) is 0 Å². The molecule has 0 bridgehead atoms. The van der Waals surface area contributed by atoms with Gasteiger partial charge in [0.25, 0.3) is 0 Å². The molecule has 0 amide bonds. The van der Waals surface area contributed by atoms with Gasteiger partial charge in [-0.2, -0.15) is 0 Å². The van der Waals surface area contributed by atoms with Gasteiger partial charge in [-0.3, -0.25) is 4.79 Å². The van der Waals surface area contributed by atoms with Crippen LogP contribution in [-0.4, -0.2) is 29.8 Å². The summed E-state index contributed by atoms with van der Waals surface area (Å²) in [5.74, 6) is -0.0352. The average Bonchev–Trinajstić information content (AvgIpc) is 2.78. The minimum atomic E-state index is -0.0352. The summed E-state index contributed by atoms with van der Waals surface area (Å²) in [6.07, 6.45) is 3.29. The van der Waals surface area contributed by atoms with Gasteiger partial charge in [0.05, 0.1) is 15.6 Å². The van der Waals surface area contributed by atoms with E-state index in [9.17, 15) is 4.79 Å². The summed E-state index contributed by atoms with van der Waals surface area (Å²) in [4.78, 5) is 19.1. The van der Waals surface area contributed by atoms with E-state index in [2.05, 4.69) is 4.98 Å². The normalized spacial score (nSPS) is 11.0. The second kappa shape index (κ2) is 6.20. The summed E-state index contributed by atoms with van der Waals surface area (Å²) in [6.45, 7) is 1.84. The van der Waals surface area contributed by atoms with E-state index in [1.165, 1.54) is 11.3 Å². The quantitative estimate of drug-likeness (QED) is 0.631. The number of benzene rings is 1. The molecular formula is C15H15ClN2OS. The first-order valence-corrected chi connectivity index (χ1v) is 7.30. The summed E-state index contributed by atoms with van der Waals surface area (Å²) in [5, 5.41) is 1.42. The topological polar surface area (TPSA) is 33.2 Å². The fraction of sp³-hybridized carbons (Fsp3) is 0.200. The fourth-order valence-electron chi connectivity index (χ4n) is 1.67. The number of carbonyl (C=O) groups excluding carboxylic acids is 1. The molecule has 0 radical (unpaired) electrons. The Morgan fingerprint density at radius 3 is 2.70 bits per heavy atom. The van der Waals surface area contributed by atoms with Crippen LogP contribution in [0.3, 0.4) is 0 Å². The monoisotopic (exact) mass is 306 g/mol. The highest BCUT2D eigenvalue weighted by atomic mass is 35.5. The van der Waals surface area contributed by atoms with E-state index in [1.54, 1.807) is 12.3 Å². The van der Waals surface area contributed by atoms with Crippen molar-refractivity contribution >= 4 is 28.7 Å². The SMILES string of the molecule is Cc1nc(-c2ccccc2Cl)sc1C(=O)/C=C/N(C)C.